The third-order valence-electron chi connectivity index (χ3n) is 9.89. The molecule has 0 fully saturated rings. The van der Waals surface area contributed by atoms with Gasteiger partial charge in [-0.25, -0.2) is 0 Å². The van der Waals surface area contributed by atoms with Crippen LogP contribution >= 0.6 is 0 Å². The number of nitrogens with one attached hydrogen (secondary N) is 1. The van der Waals surface area contributed by atoms with Crippen LogP contribution in [0.4, 0.5) is 13.2 Å². The minimum absolute atomic E-state index is 0.0111. The molecule has 0 aliphatic rings. The molecule has 13 heteroatoms. The summed E-state index contributed by atoms with van der Waals surface area (Å²) in [4.78, 5) is 10.8. The Labute approximate surface area is 335 Å². The number of halogens is 3. The van der Waals surface area contributed by atoms with E-state index in [1.165, 1.54) is 32.1 Å². The van der Waals surface area contributed by atoms with Gasteiger partial charge in [0.15, 0.2) is 0 Å². The molecule has 312 valence electrons. The SMILES string of the molecule is COc1ccc(C(OCC(O)COCCCCCCCCCCCCn2cc(CCCCNC(=O)C(F)(F)F)nn2)(c2ccccc2)c2ccc(OC)cc2)cc1. The third kappa shape index (κ3) is 15.1. The Morgan fingerprint density at radius 3 is 1.82 bits per heavy atom. The van der Waals surface area contributed by atoms with E-state index in [1.54, 1.807) is 14.2 Å². The van der Waals surface area contributed by atoms with Crippen LogP contribution in [-0.2, 0) is 32.8 Å². The van der Waals surface area contributed by atoms with E-state index >= 15 is 0 Å². The zero-order chi connectivity index (χ0) is 40.8. The van der Waals surface area contributed by atoms with E-state index in [1.807, 2.05) is 95.1 Å². The number of aryl methyl sites for hydroxylation is 2. The van der Waals surface area contributed by atoms with Crippen LogP contribution in [0, 0.1) is 0 Å². The Kier molecular flexibility index (Phi) is 19.3. The average Bonchev–Trinajstić information content (AvgIpc) is 3.68. The predicted molar refractivity (Wildman–Crippen MR) is 213 cm³/mol. The Morgan fingerprint density at radius 1 is 0.719 bits per heavy atom. The second-order valence-electron chi connectivity index (χ2n) is 14.3. The van der Waals surface area contributed by atoms with E-state index in [0.29, 0.717) is 25.9 Å². The molecule has 0 radical (unpaired) electrons. The summed E-state index contributed by atoms with van der Waals surface area (Å²) in [7, 11) is 3.28. The predicted octanol–water partition coefficient (Wildman–Crippen LogP) is 8.58. The molecule has 1 amide bonds. The van der Waals surface area contributed by atoms with Gasteiger partial charge in [0.05, 0.1) is 33.1 Å². The van der Waals surface area contributed by atoms with Crippen molar-refractivity contribution in [2.45, 2.75) is 108 Å². The van der Waals surface area contributed by atoms with E-state index in [0.717, 1.165) is 72.5 Å². The van der Waals surface area contributed by atoms with E-state index in [-0.39, 0.29) is 19.8 Å². The van der Waals surface area contributed by atoms with Gasteiger partial charge in [0.25, 0.3) is 0 Å². The summed E-state index contributed by atoms with van der Waals surface area (Å²) in [6.45, 7) is 1.63. The average molecular weight is 797 g/mol. The zero-order valence-corrected chi connectivity index (χ0v) is 33.4. The Bertz CT molecular complexity index is 1640. The van der Waals surface area contributed by atoms with Gasteiger partial charge in [0, 0.05) is 25.9 Å². The molecule has 1 aromatic heterocycles. The summed E-state index contributed by atoms with van der Waals surface area (Å²) in [6, 6.07) is 25.7. The first kappa shape index (κ1) is 45.2. The maximum absolute atomic E-state index is 12.2. The first-order valence-electron chi connectivity index (χ1n) is 20.1. The molecule has 3 aromatic carbocycles. The number of unbranched alkanes of at least 4 members (excludes halogenated alkanes) is 10. The molecule has 0 aliphatic carbocycles. The summed E-state index contributed by atoms with van der Waals surface area (Å²) in [5.74, 6) is -0.415. The standard InChI is InChI=1S/C44H59F3N4O6/c1-54-40-25-21-36(22-26-40)43(35-18-12-11-13-19-35,37-23-27-41(55-2)28-24-37)57-34-39(52)33-56-31-17-10-8-6-4-3-5-7-9-16-30-51-32-38(49-50-51)20-14-15-29-48-42(53)44(45,46)47/h11-13,18-19,21-28,32,39,52H,3-10,14-17,20,29-31,33-34H2,1-2H3,(H,48,53). The number of aliphatic hydroxyl groups is 1. The molecular weight excluding hydrogens is 737 g/mol. The number of carbonyl (C=O) groups is 1. The summed E-state index contributed by atoms with van der Waals surface area (Å²) in [6.07, 6.45) is 9.29. The number of benzene rings is 3. The summed E-state index contributed by atoms with van der Waals surface area (Å²) in [5.41, 5.74) is 2.56. The van der Waals surface area contributed by atoms with Crippen molar-refractivity contribution in [3.8, 4) is 11.5 Å². The Balaban J connectivity index is 1.06. The first-order valence-corrected chi connectivity index (χ1v) is 20.1. The highest BCUT2D eigenvalue weighted by atomic mass is 19.4. The largest absolute Gasteiger partial charge is 0.497 e. The number of carbonyl (C=O) groups excluding carboxylic acids is 1. The highest BCUT2D eigenvalue weighted by molar-refractivity contribution is 5.81. The van der Waals surface area contributed by atoms with Gasteiger partial charge in [0.1, 0.15) is 23.2 Å². The van der Waals surface area contributed by atoms with Crippen LogP contribution in [0.5, 0.6) is 11.5 Å². The molecule has 57 heavy (non-hydrogen) atoms. The molecule has 4 rings (SSSR count). The van der Waals surface area contributed by atoms with E-state index in [2.05, 4.69) is 10.3 Å². The second kappa shape index (κ2) is 24.3. The molecule has 0 saturated carbocycles. The van der Waals surface area contributed by atoms with E-state index < -0.39 is 23.8 Å². The molecule has 0 saturated heterocycles. The molecule has 0 spiro atoms. The van der Waals surface area contributed by atoms with Gasteiger partial charge in [-0.15, -0.1) is 5.10 Å². The fourth-order valence-corrected chi connectivity index (χ4v) is 6.75. The number of hydrogen-bond donors (Lipinski definition) is 2. The second-order valence-corrected chi connectivity index (χ2v) is 14.3. The number of amides is 1. The van der Waals surface area contributed by atoms with Gasteiger partial charge in [-0.1, -0.05) is 111 Å². The third-order valence-corrected chi connectivity index (χ3v) is 9.89. The normalized spacial score (nSPS) is 12.4. The van der Waals surface area contributed by atoms with Crippen LogP contribution < -0.4 is 14.8 Å². The lowest BCUT2D eigenvalue weighted by atomic mass is 9.80. The van der Waals surface area contributed by atoms with Gasteiger partial charge in [-0.3, -0.25) is 9.48 Å². The number of aromatic nitrogens is 3. The molecule has 0 bridgehead atoms. The number of methoxy groups -OCH3 is 2. The fraction of sp³-hybridized carbons (Fsp3) is 0.523. The smallest absolute Gasteiger partial charge is 0.471 e. The maximum Gasteiger partial charge on any atom is 0.471 e. The molecule has 1 heterocycles. The Hall–Kier alpha value is -4.46. The molecule has 0 aliphatic heterocycles. The summed E-state index contributed by atoms with van der Waals surface area (Å²) in [5, 5.41) is 21.2. The number of nitrogens with zero attached hydrogens (tertiary/aromatic N) is 3. The van der Waals surface area contributed by atoms with Gasteiger partial charge >= 0.3 is 12.1 Å². The molecular formula is C44H59F3N4O6. The van der Waals surface area contributed by atoms with E-state index in [4.69, 9.17) is 18.9 Å². The van der Waals surface area contributed by atoms with Gasteiger partial charge in [-0.05, 0) is 73.1 Å². The lowest BCUT2D eigenvalue weighted by Gasteiger charge is -2.36. The highest BCUT2D eigenvalue weighted by Gasteiger charge is 2.39. The van der Waals surface area contributed by atoms with Crippen molar-refractivity contribution in [1.29, 1.82) is 0 Å². The van der Waals surface area contributed by atoms with Crippen molar-refractivity contribution >= 4 is 5.91 Å². The van der Waals surface area contributed by atoms with Crippen LogP contribution in [-0.4, -0.2) is 78.9 Å². The molecule has 4 aromatic rings. The summed E-state index contributed by atoms with van der Waals surface area (Å²) < 4.78 is 62.0. The summed E-state index contributed by atoms with van der Waals surface area (Å²) >= 11 is 0. The van der Waals surface area contributed by atoms with Crippen molar-refractivity contribution in [3.05, 3.63) is 107 Å². The van der Waals surface area contributed by atoms with Crippen molar-refractivity contribution in [2.75, 3.05) is 40.6 Å². The van der Waals surface area contributed by atoms with Crippen molar-refractivity contribution in [1.82, 2.24) is 20.3 Å². The molecule has 10 nitrogen and oxygen atoms in total. The zero-order valence-electron chi connectivity index (χ0n) is 33.4. The van der Waals surface area contributed by atoms with Crippen LogP contribution in [0.15, 0.2) is 85.1 Å². The quantitative estimate of drug-likeness (QED) is 0.0434. The van der Waals surface area contributed by atoms with Crippen LogP contribution in [0.25, 0.3) is 0 Å². The minimum Gasteiger partial charge on any atom is -0.497 e. The maximum atomic E-state index is 12.2. The highest BCUT2D eigenvalue weighted by Crippen LogP contribution is 2.41. The monoisotopic (exact) mass is 796 g/mol. The number of alkyl halides is 3. The first-order chi connectivity index (χ1) is 27.7. The van der Waals surface area contributed by atoms with Gasteiger partial charge < -0.3 is 29.4 Å². The van der Waals surface area contributed by atoms with E-state index in [9.17, 15) is 23.1 Å². The number of aliphatic hydroxyl groups excluding tert-OH is 1. The van der Waals surface area contributed by atoms with Gasteiger partial charge in [-0.2, -0.15) is 13.2 Å². The minimum atomic E-state index is -4.84. The van der Waals surface area contributed by atoms with Crippen LogP contribution in [0.1, 0.15) is 99.4 Å². The van der Waals surface area contributed by atoms with Crippen LogP contribution in [0.3, 0.4) is 0 Å². The number of hydrogen-bond acceptors (Lipinski definition) is 8. The van der Waals surface area contributed by atoms with Crippen molar-refractivity contribution in [2.24, 2.45) is 0 Å². The van der Waals surface area contributed by atoms with Gasteiger partial charge in [0.2, 0.25) is 0 Å². The van der Waals surface area contributed by atoms with Crippen LogP contribution in [0.2, 0.25) is 0 Å². The molecule has 2 N–H and O–H groups in total. The lowest BCUT2D eigenvalue weighted by Crippen LogP contribution is -2.37. The fourth-order valence-electron chi connectivity index (χ4n) is 6.75. The Morgan fingerprint density at radius 2 is 1.26 bits per heavy atom. The molecule has 1 unspecified atom stereocenters. The van der Waals surface area contributed by atoms with Crippen molar-refractivity contribution in [3.63, 3.8) is 0 Å². The lowest BCUT2D eigenvalue weighted by molar-refractivity contribution is -0.173. The number of rotatable bonds is 28. The topological polar surface area (TPSA) is 117 Å². The van der Waals surface area contributed by atoms with Crippen molar-refractivity contribution < 1.29 is 42.0 Å². The molecule has 1 atom stereocenters. The number of ether oxygens (including phenoxy) is 4.